The molecule has 2 heterocycles. The van der Waals surface area contributed by atoms with Crippen LogP contribution < -0.4 is 5.32 Å². The number of aliphatic imine (C=N–C) groups is 1. The number of nitrogens with one attached hydrogen (secondary N) is 1. The summed E-state index contributed by atoms with van der Waals surface area (Å²) in [7, 11) is -3.05. The summed E-state index contributed by atoms with van der Waals surface area (Å²) in [6.45, 7) is 10.2. The number of nitrogens with zero attached hydrogens (tertiary/aromatic N) is 2. The standard InChI is InChI=1S/C17H29N3O3S/c1-14(2)12-19-16(18-8-7-15-6-5-10-23-15)20-9-11-24(21,22)17(3,4)13-20/h5-6,10,14H,7-9,11-13H2,1-4H3,(H,18,19). The Morgan fingerprint density at radius 1 is 1.46 bits per heavy atom. The van der Waals surface area contributed by atoms with E-state index in [-0.39, 0.29) is 5.75 Å². The Bertz CT molecular complexity index is 649. The highest BCUT2D eigenvalue weighted by molar-refractivity contribution is 7.92. The van der Waals surface area contributed by atoms with Crippen LogP contribution in [0.1, 0.15) is 33.5 Å². The molecule has 24 heavy (non-hydrogen) atoms. The van der Waals surface area contributed by atoms with Crippen molar-refractivity contribution in [2.24, 2.45) is 10.9 Å². The number of guanidine groups is 1. The molecule has 0 aliphatic carbocycles. The van der Waals surface area contributed by atoms with Gasteiger partial charge in [0, 0.05) is 32.6 Å². The molecule has 7 heteroatoms. The zero-order valence-corrected chi connectivity index (χ0v) is 15.9. The summed E-state index contributed by atoms with van der Waals surface area (Å²) in [5.41, 5.74) is 0. The quantitative estimate of drug-likeness (QED) is 0.645. The van der Waals surface area contributed by atoms with Crippen molar-refractivity contribution >= 4 is 15.8 Å². The van der Waals surface area contributed by atoms with E-state index in [4.69, 9.17) is 4.42 Å². The molecule has 0 atom stereocenters. The minimum absolute atomic E-state index is 0.167. The second kappa shape index (κ2) is 7.59. The van der Waals surface area contributed by atoms with Crippen LogP contribution in [-0.2, 0) is 16.3 Å². The first-order valence-electron chi connectivity index (χ1n) is 8.49. The summed E-state index contributed by atoms with van der Waals surface area (Å²) in [5, 5.41) is 3.37. The van der Waals surface area contributed by atoms with Gasteiger partial charge in [0.1, 0.15) is 5.76 Å². The third kappa shape index (κ3) is 4.75. The highest BCUT2D eigenvalue weighted by Crippen LogP contribution is 2.23. The van der Waals surface area contributed by atoms with Gasteiger partial charge >= 0.3 is 0 Å². The van der Waals surface area contributed by atoms with Crippen molar-refractivity contribution in [1.29, 1.82) is 0 Å². The predicted octanol–water partition coefficient (Wildman–Crippen LogP) is 1.93. The minimum Gasteiger partial charge on any atom is -0.469 e. The van der Waals surface area contributed by atoms with Crippen molar-refractivity contribution in [2.45, 2.75) is 38.9 Å². The van der Waals surface area contributed by atoms with Crippen LogP contribution in [0.15, 0.2) is 27.8 Å². The van der Waals surface area contributed by atoms with Gasteiger partial charge in [-0.05, 0) is 31.9 Å². The molecule has 1 N–H and O–H groups in total. The molecule has 1 aliphatic heterocycles. The molecule has 0 saturated carbocycles. The highest BCUT2D eigenvalue weighted by Gasteiger charge is 2.40. The topological polar surface area (TPSA) is 74.9 Å². The molecule has 0 spiro atoms. The second-order valence-corrected chi connectivity index (χ2v) is 10.1. The average molecular weight is 356 g/mol. The monoisotopic (exact) mass is 355 g/mol. The third-order valence-corrected chi connectivity index (χ3v) is 6.72. The molecule has 1 aromatic rings. The molecule has 0 bridgehead atoms. The molecule has 1 fully saturated rings. The summed E-state index contributed by atoms with van der Waals surface area (Å²) in [6, 6.07) is 3.82. The van der Waals surface area contributed by atoms with Gasteiger partial charge < -0.3 is 14.6 Å². The molecule has 0 radical (unpaired) electrons. The van der Waals surface area contributed by atoms with Crippen molar-refractivity contribution in [3.63, 3.8) is 0 Å². The van der Waals surface area contributed by atoms with Crippen LogP contribution in [0, 0.1) is 5.92 Å². The van der Waals surface area contributed by atoms with Crippen molar-refractivity contribution in [2.75, 3.05) is 31.9 Å². The van der Waals surface area contributed by atoms with Gasteiger partial charge in [0.15, 0.2) is 15.8 Å². The van der Waals surface area contributed by atoms with E-state index in [1.165, 1.54) is 0 Å². The first-order valence-corrected chi connectivity index (χ1v) is 10.1. The maximum Gasteiger partial charge on any atom is 0.194 e. The van der Waals surface area contributed by atoms with Crippen LogP contribution in [0.25, 0.3) is 0 Å². The number of furan rings is 1. The lowest BCUT2D eigenvalue weighted by molar-refractivity contribution is 0.351. The molecule has 6 nitrogen and oxygen atoms in total. The zero-order chi connectivity index (χ0) is 17.8. The minimum atomic E-state index is -3.05. The molecule has 1 aromatic heterocycles. The second-order valence-electron chi connectivity index (χ2n) is 7.31. The molecule has 1 aliphatic rings. The van der Waals surface area contributed by atoms with Crippen LogP contribution in [0.2, 0.25) is 0 Å². The van der Waals surface area contributed by atoms with Crippen LogP contribution in [0.5, 0.6) is 0 Å². The van der Waals surface area contributed by atoms with E-state index in [1.807, 2.05) is 12.1 Å². The van der Waals surface area contributed by atoms with Gasteiger partial charge in [-0.15, -0.1) is 0 Å². The predicted molar refractivity (Wildman–Crippen MR) is 97.0 cm³/mol. The van der Waals surface area contributed by atoms with Crippen molar-refractivity contribution < 1.29 is 12.8 Å². The fraction of sp³-hybridized carbons (Fsp3) is 0.706. The van der Waals surface area contributed by atoms with E-state index in [1.54, 1.807) is 20.1 Å². The van der Waals surface area contributed by atoms with Crippen LogP contribution in [0.3, 0.4) is 0 Å². The summed E-state index contributed by atoms with van der Waals surface area (Å²) in [4.78, 5) is 6.75. The van der Waals surface area contributed by atoms with Crippen molar-refractivity contribution in [3.8, 4) is 0 Å². The molecular formula is C17H29N3O3S. The van der Waals surface area contributed by atoms with Gasteiger partial charge in [-0.2, -0.15) is 0 Å². The van der Waals surface area contributed by atoms with E-state index >= 15 is 0 Å². The number of hydrogen-bond donors (Lipinski definition) is 1. The van der Waals surface area contributed by atoms with E-state index < -0.39 is 14.6 Å². The Balaban J connectivity index is 2.04. The normalized spacial score (nSPS) is 20.4. The van der Waals surface area contributed by atoms with E-state index in [9.17, 15) is 8.42 Å². The van der Waals surface area contributed by atoms with Crippen molar-refractivity contribution in [3.05, 3.63) is 24.2 Å². The van der Waals surface area contributed by atoms with Gasteiger partial charge in [0.2, 0.25) is 0 Å². The molecule has 0 unspecified atom stereocenters. The van der Waals surface area contributed by atoms with E-state index in [0.29, 0.717) is 32.1 Å². The lowest BCUT2D eigenvalue weighted by Gasteiger charge is -2.39. The van der Waals surface area contributed by atoms with Gasteiger partial charge in [-0.25, -0.2) is 8.42 Å². The van der Waals surface area contributed by atoms with Crippen LogP contribution in [0.4, 0.5) is 0 Å². The Labute approximate surface area is 145 Å². The van der Waals surface area contributed by atoms with E-state index in [2.05, 4.69) is 29.1 Å². The Morgan fingerprint density at radius 3 is 2.79 bits per heavy atom. The lowest BCUT2D eigenvalue weighted by atomic mass is 10.2. The SMILES string of the molecule is CC(C)CN=C(NCCc1ccco1)N1CCS(=O)(=O)C(C)(C)C1. The average Bonchev–Trinajstić information content (AvgIpc) is 2.99. The summed E-state index contributed by atoms with van der Waals surface area (Å²) >= 11 is 0. The maximum atomic E-state index is 12.2. The number of rotatable bonds is 5. The van der Waals surface area contributed by atoms with Crippen LogP contribution >= 0.6 is 0 Å². The number of hydrogen-bond acceptors (Lipinski definition) is 4. The van der Waals surface area contributed by atoms with Gasteiger partial charge in [-0.3, -0.25) is 4.99 Å². The molecule has 1 saturated heterocycles. The first-order chi connectivity index (χ1) is 11.2. The third-order valence-electron chi connectivity index (χ3n) is 4.18. The molecule has 136 valence electrons. The molecule has 0 aromatic carbocycles. The van der Waals surface area contributed by atoms with Gasteiger partial charge in [0.25, 0.3) is 0 Å². The first kappa shape index (κ1) is 18.8. The van der Waals surface area contributed by atoms with Crippen LogP contribution in [-0.4, -0.2) is 56.0 Å². The van der Waals surface area contributed by atoms with Gasteiger partial charge in [0.05, 0.1) is 16.8 Å². The zero-order valence-electron chi connectivity index (χ0n) is 15.1. The summed E-state index contributed by atoms with van der Waals surface area (Å²) in [6.07, 6.45) is 2.43. The number of sulfone groups is 1. The molecule has 2 rings (SSSR count). The Hall–Kier alpha value is -1.50. The summed E-state index contributed by atoms with van der Waals surface area (Å²) in [5.74, 6) is 2.33. The van der Waals surface area contributed by atoms with Crippen molar-refractivity contribution in [1.82, 2.24) is 10.2 Å². The molecule has 0 amide bonds. The smallest absolute Gasteiger partial charge is 0.194 e. The summed E-state index contributed by atoms with van der Waals surface area (Å²) < 4.78 is 29.0. The fourth-order valence-corrected chi connectivity index (χ4v) is 3.98. The Kier molecular flexibility index (Phi) is 5.96. The highest BCUT2D eigenvalue weighted by atomic mass is 32.2. The maximum absolute atomic E-state index is 12.2. The molecular weight excluding hydrogens is 326 g/mol. The fourth-order valence-electron chi connectivity index (χ4n) is 2.61. The van der Waals surface area contributed by atoms with Gasteiger partial charge in [-0.1, -0.05) is 13.8 Å². The van der Waals surface area contributed by atoms with E-state index in [0.717, 1.165) is 18.1 Å². The lowest BCUT2D eigenvalue weighted by Crippen LogP contribution is -2.57. The largest absolute Gasteiger partial charge is 0.469 e. The Morgan fingerprint density at radius 2 is 2.21 bits per heavy atom.